The van der Waals surface area contributed by atoms with Gasteiger partial charge in [-0.2, -0.15) is 0 Å². The van der Waals surface area contributed by atoms with E-state index in [0.717, 1.165) is 10.4 Å². The molecule has 2 aromatic heterocycles. The van der Waals surface area contributed by atoms with Crippen molar-refractivity contribution in [2.24, 2.45) is 0 Å². The SMILES string of the molecule is CC(c1ccncc1)C(O)c1sccc1Cl. The van der Waals surface area contributed by atoms with Crippen LogP contribution >= 0.6 is 22.9 Å². The first-order valence-electron chi connectivity index (χ1n) is 5.01. The third kappa shape index (κ3) is 2.26. The van der Waals surface area contributed by atoms with Crippen molar-refractivity contribution in [1.29, 1.82) is 0 Å². The molecule has 0 aromatic carbocycles. The van der Waals surface area contributed by atoms with Gasteiger partial charge in [0.2, 0.25) is 0 Å². The number of hydrogen-bond donors (Lipinski definition) is 1. The van der Waals surface area contributed by atoms with Crippen molar-refractivity contribution in [3.63, 3.8) is 0 Å². The van der Waals surface area contributed by atoms with Gasteiger partial charge in [0.25, 0.3) is 0 Å². The van der Waals surface area contributed by atoms with Crippen molar-refractivity contribution in [1.82, 2.24) is 4.98 Å². The van der Waals surface area contributed by atoms with E-state index >= 15 is 0 Å². The Balaban J connectivity index is 2.23. The zero-order chi connectivity index (χ0) is 11.5. The van der Waals surface area contributed by atoms with Crippen LogP contribution in [0.15, 0.2) is 36.0 Å². The Kier molecular flexibility index (Phi) is 3.59. The average molecular weight is 254 g/mol. The summed E-state index contributed by atoms with van der Waals surface area (Å²) in [5.74, 6) is 0.0131. The second kappa shape index (κ2) is 4.95. The Bertz CT molecular complexity index is 457. The molecule has 0 fully saturated rings. The largest absolute Gasteiger partial charge is 0.387 e. The van der Waals surface area contributed by atoms with Crippen LogP contribution in [0.5, 0.6) is 0 Å². The van der Waals surface area contributed by atoms with Gasteiger partial charge in [0.15, 0.2) is 0 Å². The number of nitrogens with zero attached hydrogens (tertiary/aromatic N) is 1. The molecule has 0 spiro atoms. The summed E-state index contributed by atoms with van der Waals surface area (Å²) < 4.78 is 0. The van der Waals surface area contributed by atoms with Crippen LogP contribution in [0, 0.1) is 0 Å². The summed E-state index contributed by atoms with van der Waals surface area (Å²) in [5, 5.41) is 12.7. The van der Waals surface area contributed by atoms with Crippen molar-refractivity contribution < 1.29 is 5.11 Å². The number of aliphatic hydroxyl groups excluding tert-OH is 1. The lowest BCUT2D eigenvalue weighted by Crippen LogP contribution is -2.06. The first-order valence-corrected chi connectivity index (χ1v) is 6.27. The predicted octanol–water partition coefficient (Wildman–Crippen LogP) is 3.63. The van der Waals surface area contributed by atoms with E-state index in [9.17, 15) is 5.11 Å². The van der Waals surface area contributed by atoms with Crippen molar-refractivity contribution in [3.8, 4) is 0 Å². The van der Waals surface area contributed by atoms with E-state index in [0.29, 0.717) is 5.02 Å². The van der Waals surface area contributed by atoms with Crippen molar-refractivity contribution in [2.45, 2.75) is 18.9 Å². The number of hydrogen-bond acceptors (Lipinski definition) is 3. The van der Waals surface area contributed by atoms with E-state index in [1.54, 1.807) is 12.4 Å². The summed E-state index contributed by atoms with van der Waals surface area (Å²) in [6, 6.07) is 5.63. The molecule has 2 heterocycles. The fourth-order valence-electron chi connectivity index (χ4n) is 1.59. The van der Waals surface area contributed by atoms with E-state index in [1.165, 1.54) is 11.3 Å². The number of halogens is 1. The maximum absolute atomic E-state index is 10.2. The maximum atomic E-state index is 10.2. The van der Waals surface area contributed by atoms with Gasteiger partial charge in [0.05, 0.1) is 16.0 Å². The van der Waals surface area contributed by atoms with Gasteiger partial charge in [-0.25, -0.2) is 0 Å². The highest BCUT2D eigenvalue weighted by atomic mass is 35.5. The molecule has 0 aliphatic rings. The van der Waals surface area contributed by atoms with Crippen LogP contribution in [-0.4, -0.2) is 10.1 Å². The van der Waals surface area contributed by atoms with Crippen molar-refractivity contribution >= 4 is 22.9 Å². The molecule has 4 heteroatoms. The molecule has 0 amide bonds. The lowest BCUT2D eigenvalue weighted by Gasteiger charge is -2.18. The summed E-state index contributed by atoms with van der Waals surface area (Å²) in [4.78, 5) is 4.79. The predicted molar refractivity (Wildman–Crippen MR) is 66.9 cm³/mol. The van der Waals surface area contributed by atoms with E-state index < -0.39 is 6.10 Å². The summed E-state index contributed by atoms with van der Waals surface area (Å²) >= 11 is 7.49. The highest BCUT2D eigenvalue weighted by Gasteiger charge is 2.21. The topological polar surface area (TPSA) is 33.1 Å². The van der Waals surface area contributed by atoms with Gasteiger partial charge in [-0.3, -0.25) is 4.98 Å². The number of thiophene rings is 1. The molecule has 2 nitrogen and oxygen atoms in total. The Morgan fingerprint density at radius 1 is 1.31 bits per heavy atom. The van der Waals surface area contributed by atoms with E-state index in [-0.39, 0.29) is 5.92 Å². The maximum Gasteiger partial charge on any atom is 0.0962 e. The molecule has 1 N–H and O–H groups in total. The van der Waals surface area contributed by atoms with Gasteiger partial charge in [-0.05, 0) is 29.1 Å². The molecule has 2 atom stereocenters. The smallest absolute Gasteiger partial charge is 0.0962 e. The van der Waals surface area contributed by atoms with Crippen LogP contribution in [0.3, 0.4) is 0 Å². The average Bonchev–Trinajstić information content (AvgIpc) is 2.75. The second-order valence-corrected chi connectivity index (χ2v) is 5.00. The molecule has 0 saturated heterocycles. The zero-order valence-electron chi connectivity index (χ0n) is 8.80. The van der Waals surface area contributed by atoms with Crippen LogP contribution in [0.4, 0.5) is 0 Å². The van der Waals surface area contributed by atoms with Gasteiger partial charge in [-0.1, -0.05) is 18.5 Å². The van der Waals surface area contributed by atoms with Gasteiger partial charge >= 0.3 is 0 Å². The van der Waals surface area contributed by atoms with Crippen LogP contribution in [0.25, 0.3) is 0 Å². The van der Waals surface area contributed by atoms with E-state index in [4.69, 9.17) is 11.6 Å². The Morgan fingerprint density at radius 2 is 2.00 bits per heavy atom. The summed E-state index contributed by atoms with van der Waals surface area (Å²) in [7, 11) is 0. The van der Waals surface area contributed by atoms with Gasteiger partial charge in [0, 0.05) is 18.3 Å². The van der Waals surface area contributed by atoms with Crippen molar-refractivity contribution in [2.75, 3.05) is 0 Å². The Hall–Kier alpha value is -0.900. The van der Waals surface area contributed by atoms with Crippen LogP contribution in [0.1, 0.15) is 29.4 Å². The van der Waals surface area contributed by atoms with E-state index in [2.05, 4.69) is 4.98 Å². The minimum atomic E-state index is -0.560. The normalized spacial score (nSPS) is 14.7. The monoisotopic (exact) mass is 253 g/mol. The Labute approximate surface area is 104 Å². The number of aliphatic hydroxyl groups is 1. The third-order valence-corrected chi connectivity index (χ3v) is 4.05. The van der Waals surface area contributed by atoms with E-state index in [1.807, 2.05) is 30.5 Å². The lowest BCUT2D eigenvalue weighted by molar-refractivity contribution is 0.155. The molecule has 0 aliphatic heterocycles. The fraction of sp³-hybridized carbons (Fsp3) is 0.250. The third-order valence-electron chi connectivity index (χ3n) is 2.62. The summed E-state index contributed by atoms with van der Waals surface area (Å²) in [6.07, 6.45) is 2.90. The molecular weight excluding hydrogens is 242 g/mol. The summed E-state index contributed by atoms with van der Waals surface area (Å²) in [6.45, 7) is 1.98. The molecule has 0 bridgehead atoms. The standard InChI is InChI=1S/C12H12ClNOS/c1-8(9-2-5-14-6-3-9)11(15)12-10(13)4-7-16-12/h2-8,11,15H,1H3. The highest BCUT2D eigenvalue weighted by molar-refractivity contribution is 7.10. The molecule has 2 aromatic rings. The quantitative estimate of drug-likeness (QED) is 0.906. The molecule has 2 unspecified atom stereocenters. The number of aromatic nitrogens is 1. The molecular formula is C12H12ClNOS. The highest BCUT2D eigenvalue weighted by Crippen LogP contribution is 2.37. The first-order chi connectivity index (χ1) is 7.70. The van der Waals surface area contributed by atoms with Gasteiger partial charge in [-0.15, -0.1) is 11.3 Å². The summed E-state index contributed by atoms with van der Waals surface area (Å²) in [5.41, 5.74) is 1.06. The minimum Gasteiger partial charge on any atom is -0.387 e. The number of pyridine rings is 1. The van der Waals surface area contributed by atoms with Crippen LogP contribution < -0.4 is 0 Å². The molecule has 16 heavy (non-hydrogen) atoms. The zero-order valence-corrected chi connectivity index (χ0v) is 10.4. The minimum absolute atomic E-state index is 0.0131. The molecule has 84 valence electrons. The van der Waals surface area contributed by atoms with Gasteiger partial charge in [0.1, 0.15) is 0 Å². The first kappa shape index (κ1) is 11.6. The molecule has 2 rings (SSSR count). The fourth-order valence-corrected chi connectivity index (χ4v) is 2.85. The molecule has 0 radical (unpaired) electrons. The van der Waals surface area contributed by atoms with Crippen LogP contribution in [-0.2, 0) is 0 Å². The lowest BCUT2D eigenvalue weighted by atomic mass is 9.95. The van der Waals surface area contributed by atoms with Crippen molar-refractivity contribution in [3.05, 3.63) is 51.4 Å². The molecule has 0 aliphatic carbocycles. The number of rotatable bonds is 3. The molecule has 0 saturated carbocycles. The Morgan fingerprint density at radius 3 is 2.56 bits per heavy atom. The van der Waals surface area contributed by atoms with Gasteiger partial charge < -0.3 is 5.11 Å². The van der Waals surface area contributed by atoms with Crippen LogP contribution in [0.2, 0.25) is 5.02 Å². The second-order valence-electron chi connectivity index (χ2n) is 3.65.